The van der Waals surface area contributed by atoms with E-state index in [1.807, 2.05) is 12.1 Å². The van der Waals surface area contributed by atoms with E-state index in [1.165, 1.54) is 5.56 Å². The van der Waals surface area contributed by atoms with Crippen LogP contribution < -0.4 is 10.1 Å². The number of aliphatic hydroxyl groups excluding tert-OH is 1. The van der Waals surface area contributed by atoms with Gasteiger partial charge in [-0.2, -0.15) is 0 Å². The summed E-state index contributed by atoms with van der Waals surface area (Å²) in [6, 6.07) is 14.9. The van der Waals surface area contributed by atoms with Gasteiger partial charge in [0.2, 0.25) is 0 Å². The molecule has 2 aromatic rings. The molecule has 0 aliphatic heterocycles. The van der Waals surface area contributed by atoms with Gasteiger partial charge in [0.05, 0.1) is 7.11 Å². The van der Waals surface area contributed by atoms with Crippen molar-refractivity contribution in [1.29, 1.82) is 0 Å². The maximum atomic E-state index is 12.4. The average Bonchev–Trinajstić information content (AvgIpc) is 2.67. The van der Waals surface area contributed by atoms with Crippen molar-refractivity contribution in [2.75, 3.05) is 7.11 Å². The van der Waals surface area contributed by atoms with Crippen LogP contribution in [0.25, 0.3) is 0 Å². The van der Waals surface area contributed by atoms with Crippen LogP contribution in [0, 0.1) is 0 Å². The molecule has 0 bridgehead atoms. The number of carbonyl (C=O) groups is 1. The standard InChI is InChI=1S/C21H24ClNO3/c1-26-19-10-4-6-15(13-19)14-5-3-9-18(12-14)23-21(25)20(24)16-7-2-8-17(22)11-16/h2,4,6-8,10-11,13-14,18,20,24H,3,5,9,12H2,1H3,(H,23,25)/t14?,18?,20-/m1/s1. The van der Waals surface area contributed by atoms with Gasteiger partial charge in [-0.05, 0) is 60.6 Å². The number of halogens is 1. The molecule has 3 rings (SSSR count). The molecule has 26 heavy (non-hydrogen) atoms. The average molecular weight is 374 g/mol. The summed E-state index contributed by atoms with van der Waals surface area (Å²) in [6.07, 6.45) is 2.72. The lowest BCUT2D eigenvalue weighted by molar-refractivity contribution is -0.130. The van der Waals surface area contributed by atoms with Crippen LogP contribution in [0.5, 0.6) is 5.75 Å². The fourth-order valence-corrected chi connectivity index (χ4v) is 3.83. The van der Waals surface area contributed by atoms with E-state index in [-0.39, 0.29) is 11.9 Å². The summed E-state index contributed by atoms with van der Waals surface area (Å²) in [5.74, 6) is 0.862. The number of carbonyl (C=O) groups excluding carboxylic acids is 1. The minimum Gasteiger partial charge on any atom is -0.497 e. The zero-order chi connectivity index (χ0) is 18.5. The number of methoxy groups -OCH3 is 1. The molecule has 0 spiro atoms. The second kappa shape index (κ2) is 8.56. The molecule has 0 aromatic heterocycles. The first-order valence-electron chi connectivity index (χ1n) is 8.94. The van der Waals surface area contributed by atoms with Crippen molar-refractivity contribution in [3.8, 4) is 5.75 Å². The Morgan fingerprint density at radius 2 is 2.04 bits per heavy atom. The number of hydrogen-bond acceptors (Lipinski definition) is 3. The van der Waals surface area contributed by atoms with E-state index in [1.54, 1.807) is 31.4 Å². The minimum atomic E-state index is -1.20. The normalized spacial score (nSPS) is 21.0. The second-order valence-electron chi connectivity index (χ2n) is 6.80. The molecule has 3 atom stereocenters. The van der Waals surface area contributed by atoms with Gasteiger partial charge in [0, 0.05) is 11.1 Å². The summed E-state index contributed by atoms with van der Waals surface area (Å²) in [5.41, 5.74) is 1.74. The number of rotatable bonds is 5. The predicted octanol–water partition coefficient (Wildman–Crippen LogP) is 4.22. The van der Waals surface area contributed by atoms with Crippen LogP contribution in [0.3, 0.4) is 0 Å². The molecule has 0 radical (unpaired) electrons. The SMILES string of the molecule is COc1cccc(C2CCCC(NC(=O)[C@H](O)c3cccc(Cl)c3)C2)c1. The Hall–Kier alpha value is -2.04. The zero-order valence-electron chi connectivity index (χ0n) is 14.8. The van der Waals surface area contributed by atoms with E-state index in [0.717, 1.165) is 31.4 Å². The maximum Gasteiger partial charge on any atom is 0.253 e. The van der Waals surface area contributed by atoms with E-state index in [2.05, 4.69) is 17.4 Å². The molecule has 1 amide bonds. The van der Waals surface area contributed by atoms with Gasteiger partial charge in [-0.3, -0.25) is 4.79 Å². The molecule has 0 saturated heterocycles. The highest BCUT2D eigenvalue weighted by atomic mass is 35.5. The molecule has 138 valence electrons. The molecule has 1 aliphatic carbocycles. The molecule has 0 heterocycles. The Morgan fingerprint density at radius 3 is 2.81 bits per heavy atom. The molecule has 2 unspecified atom stereocenters. The molecule has 1 fully saturated rings. The first-order chi connectivity index (χ1) is 12.6. The van der Waals surface area contributed by atoms with E-state index in [9.17, 15) is 9.90 Å². The molecular formula is C21H24ClNO3. The van der Waals surface area contributed by atoms with Gasteiger partial charge in [0.15, 0.2) is 6.10 Å². The van der Waals surface area contributed by atoms with Crippen molar-refractivity contribution in [1.82, 2.24) is 5.32 Å². The molecule has 1 saturated carbocycles. The Bertz CT molecular complexity index is 764. The Balaban J connectivity index is 1.63. The Kier molecular flexibility index (Phi) is 6.17. The highest BCUT2D eigenvalue weighted by Crippen LogP contribution is 2.34. The van der Waals surface area contributed by atoms with Crippen LogP contribution in [0.15, 0.2) is 48.5 Å². The second-order valence-corrected chi connectivity index (χ2v) is 7.24. The number of aliphatic hydroxyl groups is 1. The van der Waals surface area contributed by atoms with Crippen molar-refractivity contribution in [2.24, 2.45) is 0 Å². The number of nitrogens with one attached hydrogen (secondary N) is 1. The fraction of sp³-hybridized carbons (Fsp3) is 0.381. The van der Waals surface area contributed by atoms with Crippen molar-refractivity contribution in [3.05, 3.63) is 64.7 Å². The van der Waals surface area contributed by atoms with Gasteiger partial charge < -0.3 is 15.2 Å². The Morgan fingerprint density at radius 1 is 1.23 bits per heavy atom. The van der Waals surface area contributed by atoms with E-state index in [4.69, 9.17) is 16.3 Å². The minimum absolute atomic E-state index is 0.0567. The van der Waals surface area contributed by atoms with Crippen molar-refractivity contribution >= 4 is 17.5 Å². The third-order valence-electron chi connectivity index (χ3n) is 5.00. The van der Waals surface area contributed by atoms with Gasteiger partial charge in [0.25, 0.3) is 5.91 Å². The Labute approximate surface area is 159 Å². The maximum absolute atomic E-state index is 12.4. The fourth-order valence-electron chi connectivity index (χ4n) is 3.63. The highest BCUT2D eigenvalue weighted by molar-refractivity contribution is 6.30. The van der Waals surface area contributed by atoms with Crippen molar-refractivity contribution < 1.29 is 14.6 Å². The van der Waals surface area contributed by atoms with E-state index in [0.29, 0.717) is 16.5 Å². The molecule has 2 N–H and O–H groups in total. The van der Waals surface area contributed by atoms with E-state index < -0.39 is 6.10 Å². The lowest BCUT2D eigenvalue weighted by atomic mass is 9.81. The summed E-state index contributed by atoms with van der Waals surface area (Å²) >= 11 is 5.94. The quantitative estimate of drug-likeness (QED) is 0.824. The molecule has 5 heteroatoms. The van der Waals surface area contributed by atoms with Crippen LogP contribution in [-0.2, 0) is 4.79 Å². The monoisotopic (exact) mass is 373 g/mol. The number of ether oxygens (including phenoxy) is 1. The van der Waals surface area contributed by atoms with Crippen molar-refractivity contribution in [3.63, 3.8) is 0 Å². The summed E-state index contributed by atoms with van der Waals surface area (Å²) < 4.78 is 5.31. The first kappa shape index (κ1) is 18.7. The lowest BCUT2D eigenvalue weighted by Gasteiger charge is -2.31. The lowest BCUT2D eigenvalue weighted by Crippen LogP contribution is -2.40. The highest BCUT2D eigenvalue weighted by Gasteiger charge is 2.27. The molecule has 4 nitrogen and oxygen atoms in total. The largest absolute Gasteiger partial charge is 0.497 e. The van der Waals surface area contributed by atoms with Crippen LogP contribution in [0.2, 0.25) is 5.02 Å². The van der Waals surface area contributed by atoms with Gasteiger partial charge in [-0.1, -0.05) is 42.3 Å². The van der Waals surface area contributed by atoms with Gasteiger partial charge in [-0.25, -0.2) is 0 Å². The van der Waals surface area contributed by atoms with Gasteiger partial charge >= 0.3 is 0 Å². The van der Waals surface area contributed by atoms with Crippen molar-refractivity contribution in [2.45, 2.75) is 43.7 Å². The van der Waals surface area contributed by atoms with Crippen LogP contribution in [-0.4, -0.2) is 24.2 Å². The first-order valence-corrected chi connectivity index (χ1v) is 9.32. The number of amides is 1. The number of benzene rings is 2. The molecular weight excluding hydrogens is 350 g/mol. The molecule has 2 aromatic carbocycles. The van der Waals surface area contributed by atoms with Gasteiger partial charge in [-0.15, -0.1) is 0 Å². The summed E-state index contributed by atoms with van der Waals surface area (Å²) in [6.45, 7) is 0. The topological polar surface area (TPSA) is 58.6 Å². The van der Waals surface area contributed by atoms with Gasteiger partial charge in [0.1, 0.15) is 5.75 Å². The van der Waals surface area contributed by atoms with Crippen LogP contribution in [0.1, 0.15) is 48.8 Å². The third kappa shape index (κ3) is 4.57. The smallest absolute Gasteiger partial charge is 0.253 e. The summed E-state index contributed by atoms with van der Waals surface area (Å²) in [5, 5.41) is 13.8. The zero-order valence-corrected chi connectivity index (χ0v) is 15.6. The molecule has 1 aliphatic rings. The predicted molar refractivity (Wildman–Crippen MR) is 103 cm³/mol. The summed E-state index contributed by atoms with van der Waals surface area (Å²) in [7, 11) is 1.67. The van der Waals surface area contributed by atoms with Crippen LogP contribution in [0.4, 0.5) is 0 Å². The summed E-state index contributed by atoms with van der Waals surface area (Å²) in [4.78, 5) is 12.4. The third-order valence-corrected chi connectivity index (χ3v) is 5.23. The van der Waals surface area contributed by atoms with Crippen LogP contribution >= 0.6 is 11.6 Å². The van der Waals surface area contributed by atoms with E-state index >= 15 is 0 Å². The number of hydrogen-bond donors (Lipinski definition) is 2.